The molecule has 1 aliphatic heterocycles. The zero-order chi connectivity index (χ0) is 7.14. The predicted octanol–water partition coefficient (Wildman–Crippen LogP) is 2.02. The van der Waals surface area contributed by atoms with E-state index in [-0.39, 0.29) is 0 Å². The molecule has 0 amide bonds. The van der Waals surface area contributed by atoms with Crippen molar-refractivity contribution in [2.24, 2.45) is 0 Å². The van der Waals surface area contributed by atoms with Gasteiger partial charge in [0, 0.05) is 18.1 Å². The van der Waals surface area contributed by atoms with Gasteiger partial charge in [-0.1, -0.05) is 13.3 Å². The fraction of sp³-hybridized carbons (Fsp3) is 1.00. The highest BCUT2D eigenvalue weighted by Gasteiger charge is 2.51. The lowest BCUT2D eigenvalue weighted by Crippen LogP contribution is -2.18. The number of nitrogens with zero attached hydrogens (tertiary/aromatic N) is 1. The van der Waals surface area contributed by atoms with Crippen LogP contribution in [0.4, 0.5) is 0 Å². The lowest BCUT2D eigenvalue weighted by Gasteiger charge is -2.13. The van der Waals surface area contributed by atoms with Gasteiger partial charge in [0.15, 0.2) is 0 Å². The summed E-state index contributed by atoms with van der Waals surface area (Å²) in [6, 6.07) is 2.88. The Labute approximate surface area is 63.4 Å². The van der Waals surface area contributed by atoms with Crippen LogP contribution in [0.5, 0.6) is 0 Å². The molecule has 0 bridgehead atoms. The molecule has 1 saturated heterocycles. The first-order valence-electron chi connectivity index (χ1n) is 4.62. The van der Waals surface area contributed by atoms with E-state index >= 15 is 0 Å². The van der Waals surface area contributed by atoms with Crippen LogP contribution in [0.1, 0.15) is 39.5 Å². The third-order valence-corrected chi connectivity index (χ3v) is 3.22. The van der Waals surface area contributed by atoms with Crippen LogP contribution in [-0.4, -0.2) is 23.0 Å². The Balaban J connectivity index is 1.88. The predicted molar refractivity (Wildman–Crippen MR) is 43.0 cm³/mol. The molecule has 2 rings (SSSR count). The maximum absolute atomic E-state index is 2.70. The monoisotopic (exact) mass is 139 g/mol. The van der Waals surface area contributed by atoms with Gasteiger partial charge in [-0.25, -0.2) is 0 Å². The maximum atomic E-state index is 2.70. The van der Waals surface area contributed by atoms with Crippen molar-refractivity contribution < 1.29 is 0 Å². The van der Waals surface area contributed by atoms with Crippen molar-refractivity contribution in [1.29, 1.82) is 0 Å². The number of fused-ring (bicyclic) bond motifs is 1. The topological polar surface area (TPSA) is 3.01 Å². The Kier molecular flexibility index (Phi) is 1.48. The van der Waals surface area contributed by atoms with E-state index in [9.17, 15) is 0 Å². The normalized spacial score (nSPS) is 46.8. The van der Waals surface area contributed by atoms with Gasteiger partial charge in [0.25, 0.3) is 0 Å². The van der Waals surface area contributed by atoms with Crippen LogP contribution in [-0.2, 0) is 0 Å². The molecule has 1 aliphatic carbocycles. The summed E-state index contributed by atoms with van der Waals surface area (Å²) in [5, 5.41) is 0. The summed E-state index contributed by atoms with van der Waals surface area (Å²) < 4.78 is 0. The summed E-state index contributed by atoms with van der Waals surface area (Å²) in [7, 11) is 0. The summed E-state index contributed by atoms with van der Waals surface area (Å²) in [5.74, 6) is 0. The summed E-state index contributed by atoms with van der Waals surface area (Å²) in [4.78, 5) is 2.70. The number of hydrogen-bond donors (Lipinski definition) is 0. The number of likely N-dealkylation sites (tertiary alicyclic amines) is 1. The van der Waals surface area contributed by atoms with Gasteiger partial charge in [-0.15, -0.1) is 0 Å². The van der Waals surface area contributed by atoms with E-state index in [4.69, 9.17) is 0 Å². The highest BCUT2D eigenvalue weighted by atomic mass is 15.4. The van der Waals surface area contributed by atoms with Crippen LogP contribution in [0.2, 0.25) is 0 Å². The molecule has 0 aromatic carbocycles. The first-order valence-corrected chi connectivity index (χ1v) is 4.62. The Bertz CT molecular complexity index is 120. The van der Waals surface area contributed by atoms with Crippen LogP contribution in [0, 0.1) is 0 Å². The second kappa shape index (κ2) is 2.23. The number of piperidine rings is 1. The van der Waals surface area contributed by atoms with Gasteiger partial charge in [0.1, 0.15) is 0 Å². The molecule has 58 valence electrons. The lowest BCUT2D eigenvalue weighted by atomic mass is 10.2. The molecule has 0 radical (unpaired) electrons. The van der Waals surface area contributed by atoms with Gasteiger partial charge in [-0.3, -0.25) is 4.90 Å². The fourth-order valence-corrected chi connectivity index (χ4v) is 2.44. The molecule has 2 aliphatic rings. The van der Waals surface area contributed by atoms with Gasteiger partial charge in [-0.2, -0.15) is 0 Å². The SMILES string of the molecule is CCC(C)N1C2CCC[C@H]21. The second-order valence-electron chi connectivity index (χ2n) is 3.77. The minimum atomic E-state index is 0.857. The molecular weight excluding hydrogens is 122 g/mol. The average molecular weight is 139 g/mol. The fourth-order valence-electron chi connectivity index (χ4n) is 2.44. The Morgan fingerprint density at radius 2 is 2.00 bits per heavy atom. The third-order valence-electron chi connectivity index (χ3n) is 3.22. The van der Waals surface area contributed by atoms with E-state index in [1.807, 2.05) is 0 Å². The number of rotatable bonds is 2. The van der Waals surface area contributed by atoms with Gasteiger partial charge in [0.05, 0.1) is 0 Å². The highest BCUT2D eigenvalue weighted by Crippen LogP contribution is 2.44. The molecule has 0 aromatic heterocycles. The van der Waals surface area contributed by atoms with E-state index in [1.54, 1.807) is 0 Å². The third kappa shape index (κ3) is 0.800. The minimum absolute atomic E-state index is 0.857. The molecule has 4 atom stereocenters. The molecule has 1 saturated carbocycles. The maximum Gasteiger partial charge on any atom is 0.0258 e. The summed E-state index contributed by atoms with van der Waals surface area (Å²) in [6.07, 6.45) is 5.78. The first-order chi connectivity index (χ1) is 4.84. The lowest BCUT2D eigenvalue weighted by molar-refractivity contribution is 0.333. The zero-order valence-corrected chi connectivity index (χ0v) is 7.01. The van der Waals surface area contributed by atoms with Crippen molar-refractivity contribution in [3.8, 4) is 0 Å². The van der Waals surface area contributed by atoms with Crippen molar-refractivity contribution in [3.05, 3.63) is 0 Å². The average Bonchev–Trinajstić information content (AvgIpc) is 2.43. The Morgan fingerprint density at radius 1 is 1.40 bits per heavy atom. The van der Waals surface area contributed by atoms with E-state index < -0.39 is 0 Å². The van der Waals surface area contributed by atoms with Crippen molar-refractivity contribution in [1.82, 2.24) is 4.90 Å². The molecule has 2 fully saturated rings. The van der Waals surface area contributed by atoms with Crippen molar-refractivity contribution in [3.63, 3.8) is 0 Å². The molecule has 1 heteroatoms. The van der Waals surface area contributed by atoms with Crippen molar-refractivity contribution >= 4 is 0 Å². The Hall–Kier alpha value is -0.0400. The second-order valence-corrected chi connectivity index (χ2v) is 3.77. The quantitative estimate of drug-likeness (QED) is 0.529. The molecule has 0 N–H and O–H groups in total. The largest absolute Gasteiger partial charge is 0.292 e. The molecule has 10 heavy (non-hydrogen) atoms. The Morgan fingerprint density at radius 3 is 2.50 bits per heavy atom. The van der Waals surface area contributed by atoms with Gasteiger partial charge in [0.2, 0.25) is 0 Å². The smallest absolute Gasteiger partial charge is 0.0258 e. The molecule has 3 unspecified atom stereocenters. The van der Waals surface area contributed by atoms with Crippen LogP contribution in [0.3, 0.4) is 0 Å². The van der Waals surface area contributed by atoms with Crippen molar-refractivity contribution in [2.75, 3.05) is 0 Å². The molecule has 1 nitrogen and oxygen atoms in total. The van der Waals surface area contributed by atoms with E-state index in [0.717, 1.165) is 18.1 Å². The minimum Gasteiger partial charge on any atom is -0.292 e. The van der Waals surface area contributed by atoms with Gasteiger partial charge in [-0.05, 0) is 26.2 Å². The molecule has 0 aromatic rings. The summed E-state index contributed by atoms with van der Waals surface area (Å²) in [6.45, 7) is 4.65. The van der Waals surface area contributed by atoms with Crippen LogP contribution >= 0.6 is 0 Å². The summed E-state index contributed by atoms with van der Waals surface area (Å²) in [5.41, 5.74) is 0. The molecule has 1 heterocycles. The standard InChI is InChI=1S/C9H17N/c1-3-7(2)10-8-5-4-6-9(8)10/h7-9H,3-6H2,1-2H3/t7?,8-,9?,10?/m1/s1. The summed E-state index contributed by atoms with van der Waals surface area (Å²) >= 11 is 0. The van der Waals surface area contributed by atoms with Crippen LogP contribution in [0.15, 0.2) is 0 Å². The van der Waals surface area contributed by atoms with Crippen LogP contribution < -0.4 is 0 Å². The molecular formula is C9H17N. The number of hydrogen-bond acceptors (Lipinski definition) is 1. The zero-order valence-electron chi connectivity index (χ0n) is 7.01. The molecule has 0 spiro atoms. The first kappa shape index (κ1) is 6.66. The van der Waals surface area contributed by atoms with Crippen molar-refractivity contribution in [2.45, 2.75) is 57.7 Å². The van der Waals surface area contributed by atoms with E-state index in [1.165, 1.54) is 25.7 Å². The van der Waals surface area contributed by atoms with E-state index in [2.05, 4.69) is 18.7 Å². The van der Waals surface area contributed by atoms with E-state index in [0.29, 0.717) is 0 Å². The van der Waals surface area contributed by atoms with Gasteiger partial charge < -0.3 is 0 Å². The highest BCUT2D eigenvalue weighted by molar-refractivity contribution is 5.07. The van der Waals surface area contributed by atoms with Crippen LogP contribution in [0.25, 0.3) is 0 Å². The van der Waals surface area contributed by atoms with Gasteiger partial charge >= 0.3 is 0 Å².